The second kappa shape index (κ2) is 17.0. The van der Waals surface area contributed by atoms with Crippen LogP contribution in [0.15, 0.2) is 91.0 Å². The van der Waals surface area contributed by atoms with Crippen molar-refractivity contribution in [3.63, 3.8) is 0 Å². The minimum atomic E-state index is -1.21. The average molecular weight is 695 g/mol. The molecule has 2 aliphatic heterocycles. The third kappa shape index (κ3) is 7.90. The maximum Gasteiger partial charge on any atom is 0.231 e. The summed E-state index contributed by atoms with van der Waals surface area (Å²) in [5.41, 5.74) is 3.03. The zero-order valence-corrected chi connectivity index (χ0v) is 30.7. The molecule has 0 saturated carbocycles. The molecule has 8 nitrogen and oxygen atoms in total. The molecule has 0 bridgehead atoms. The van der Waals surface area contributed by atoms with Crippen LogP contribution in [-0.2, 0) is 22.4 Å². The van der Waals surface area contributed by atoms with E-state index in [2.05, 4.69) is 73.0 Å². The molecule has 0 spiro atoms. The number of aliphatic hydroxyl groups is 1. The van der Waals surface area contributed by atoms with Crippen LogP contribution in [0.5, 0.6) is 23.0 Å². The summed E-state index contributed by atoms with van der Waals surface area (Å²) in [6.07, 6.45) is 3.97. The van der Waals surface area contributed by atoms with Crippen LogP contribution < -0.4 is 18.9 Å². The van der Waals surface area contributed by atoms with Gasteiger partial charge in [-0.3, -0.25) is 0 Å². The molecule has 1 N–H and O–H groups in total. The molecule has 4 aromatic rings. The molecule has 0 radical (unpaired) electrons. The quantitative estimate of drug-likeness (QED) is 0.107. The van der Waals surface area contributed by atoms with Gasteiger partial charge in [0.2, 0.25) is 13.6 Å². The maximum atomic E-state index is 12.4. The second-order valence-corrected chi connectivity index (χ2v) is 13.5. The number of ether oxygens (including phenoxy) is 5. The van der Waals surface area contributed by atoms with E-state index in [1.54, 1.807) is 0 Å². The molecule has 51 heavy (non-hydrogen) atoms. The first kappa shape index (κ1) is 36.7. The largest absolute Gasteiger partial charge is 0.454 e. The van der Waals surface area contributed by atoms with Crippen molar-refractivity contribution in [1.82, 2.24) is 9.80 Å². The number of nitrogens with zero attached hydrogens (tertiary/aromatic N) is 2. The second-order valence-electron chi connectivity index (χ2n) is 13.5. The van der Waals surface area contributed by atoms with Crippen molar-refractivity contribution >= 4 is 0 Å². The van der Waals surface area contributed by atoms with Crippen molar-refractivity contribution in [3.05, 3.63) is 119 Å². The summed E-state index contributed by atoms with van der Waals surface area (Å²) in [6.45, 7) is 12.7. The predicted octanol–water partition coefficient (Wildman–Crippen LogP) is 7.74. The van der Waals surface area contributed by atoms with Crippen LogP contribution in [0.4, 0.5) is 0 Å². The summed E-state index contributed by atoms with van der Waals surface area (Å²) in [5, 5.41) is 12.4. The van der Waals surface area contributed by atoms with Crippen molar-refractivity contribution in [2.45, 2.75) is 64.1 Å². The predicted molar refractivity (Wildman–Crippen MR) is 201 cm³/mol. The van der Waals surface area contributed by atoms with Crippen molar-refractivity contribution < 1.29 is 28.8 Å². The number of benzene rings is 4. The highest BCUT2D eigenvalue weighted by molar-refractivity contribution is 5.56. The van der Waals surface area contributed by atoms with Crippen molar-refractivity contribution in [2.75, 3.05) is 60.0 Å². The Labute approximate surface area is 303 Å². The first-order valence-corrected chi connectivity index (χ1v) is 18.6. The number of para-hydroxylation sites is 1. The fourth-order valence-corrected chi connectivity index (χ4v) is 7.75. The van der Waals surface area contributed by atoms with Crippen LogP contribution in [0.1, 0.15) is 74.3 Å². The van der Waals surface area contributed by atoms with Crippen molar-refractivity contribution in [2.24, 2.45) is 0 Å². The minimum Gasteiger partial charge on any atom is -0.454 e. The lowest BCUT2D eigenvalue weighted by Gasteiger charge is -2.35. The molecule has 2 aliphatic rings. The van der Waals surface area contributed by atoms with Gasteiger partial charge in [-0.1, -0.05) is 93.6 Å². The van der Waals surface area contributed by atoms with Crippen LogP contribution in [0.2, 0.25) is 0 Å². The van der Waals surface area contributed by atoms with E-state index in [0.717, 1.165) is 98.7 Å². The van der Waals surface area contributed by atoms with E-state index in [4.69, 9.17) is 23.7 Å². The number of hydrogen-bond acceptors (Lipinski definition) is 8. The first-order valence-electron chi connectivity index (χ1n) is 18.6. The lowest BCUT2D eigenvalue weighted by molar-refractivity contribution is 0.00864. The van der Waals surface area contributed by atoms with Gasteiger partial charge in [0.15, 0.2) is 23.0 Å². The van der Waals surface area contributed by atoms with Gasteiger partial charge in [-0.2, -0.15) is 0 Å². The van der Waals surface area contributed by atoms with Crippen LogP contribution in [0.3, 0.4) is 0 Å². The van der Waals surface area contributed by atoms with Crippen molar-refractivity contribution in [1.29, 1.82) is 0 Å². The molecule has 2 atom stereocenters. The van der Waals surface area contributed by atoms with Gasteiger partial charge in [0.1, 0.15) is 11.2 Å². The lowest BCUT2D eigenvalue weighted by atomic mass is 9.80. The van der Waals surface area contributed by atoms with E-state index < -0.39 is 11.2 Å². The SMILES string of the molecule is CCN(CC)CCCC(OC)(c1ccccc1)c1cc(CCN(CC)CCCC(O)(c2ccccc2)c2cccc3c2OCO3)cc2c1OCO2. The summed E-state index contributed by atoms with van der Waals surface area (Å²) in [4.78, 5) is 4.91. The Balaban J connectivity index is 1.20. The number of rotatable bonds is 19. The molecule has 8 heteroatoms. The van der Waals surface area contributed by atoms with E-state index in [-0.39, 0.29) is 13.6 Å². The highest BCUT2D eigenvalue weighted by atomic mass is 16.7. The molecular formula is C43H54N2O6. The lowest BCUT2D eigenvalue weighted by Crippen LogP contribution is -2.33. The van der Waals surface area contributed by atoms with E-state index in [9.17, 15) is 5.11 Å². The smallest absolute Gasteiger partial charge is 0.231 e. The van der Waals surface area contributed by atoms with E-state index >= 15 is 0 Å². The topological polar surface area (TPSA) is 72.9 Å². The molecule has 6 rings (SSSR count). The van der Waals surface area contributed by atoms with Crippen LogP contribution in [0.25, 0.3) is 0 Å². The Morgan fingerprint density at radius 3 is 1.90 bits per heavy atom. The molecule has 0 saturated heterocycles. The highest BCUT2D eigenvalue weighted by Gasteiger charge is 2.40. The molecule has 272 valence electrons. The van der Waals surface area contributed by atoms with E-state index in [1.807, 2.05) is 55.6 Å². The maximum absolute atomic E-state index is 12.4. The zero-order valence-electron chi connectivity index (χ0n) is 30.7. The number of hydrogen-bond donors (Lipinski definition) is 1. The molecule has 2 unspecified atom stereocenters. The van der Waals surface area contributed by atoms with Gasteiger partial charge < -0.3 is 38.6 Å². The third-order valence-electron chi connectivity index (χ3n) is 10.7. The van der Waals surface area contributed by atoms with Gasteiger partial charge in [0, 0.05) is 24.8 Å². The molecule has 0 amide bonds. The zero-order chi connectivity index (χ0) is 35.7. The molecule has 2 heterocycles. The fourth-order valence-electron chi connectivity index (χ4n) is 7.75. The summed E-state index contributed by atoms with van der Waals surface area (Å²) in [6, 6.07) is 30.6. The molecule has 0 aromatic heterocycles. The Morgan fingerprint density at radius 1 is 0.627 bits per heavy atom. The standard InChI is InChI=1S/C43H54N2O6/c1-5-44(6-2)26-16-25-43(47-4,35-19-12-9-13-20-35)37-29-33(30-39-41(37)51-32-49-39)23-28-45(7-3)27-15-24-42(46,34-17-10-8-11-18-34)36-21-14-22-38-40(36)50-31-48-38/h8-14,17-22,29-30,46H,5-7,15-16,23-28,31-32H2,1-4H3. The monoisotopic (exact) mass is 694 g/mol. The summed E-state index contributed by atoms with van der Waals surface area (Å²) < 4.78 is 30.3. The van der Waals surface area contributed by atoms with Crippen LogP contribution >= 0.6 is 0 Å². The normalized spacial score (nSPS) is 15.7. The molecular weight excluding hydrogens is 640 g/mol. The minimum absolute atomic E-state index is 0.162. The van der Waals surface area contributed by atoms with Crippen LogP contribution in [-0.4, -0.2) is 74.9 Å². The van der Waals surface area contributed by atoms with Gasteiger partial charge >= 0.3 is 0 Å². The molecule has 4 aromatic carbocycles. The summed E-state index contributed by atoms with van der Waals surface area (Å²) >= 11 is 0. The number of likely N-dealkylation sites (N-methyl/N-ethyl adjacent to an activating group) is 1. The van der Waals surface area contributed by atoms with Gasteiger partial charge in [0.05, 0.1) is 0 Å². The summed E-state index contributed by atoms with van der Waals surface area (Å²) in [5.74, 6) is 2.86. The van der Waals surface area contributed by atoms with Gasteiger partial charge in [0.25, 0.3) is 0 Å². The van der Waals surface area contributed by atoms with E-state index in [0.29, 0.717) is 17.9 Å². The van der Waals surface area contributed by atoms with Crippen molar-refractivity contribution in [3.8, 4) is 23.0 Å². The Morgan fingerprint density at radius 2 is 1.24 bits per heavy atom. The van der Waals surface area contributed by atoms with Crippen LogP contribution in [0, 0.1) is 0 Å². The number of fused-ring (bicyclic) bond motifs is 2. The van der Waals surface area contributed by atoms with Gasteiger partial charge in [-0.15, -0.1) is 0 Å². The summed E-state index contributed by atoms with van der Waals surface area (Å²) in [7, 11) is 1.82. The highest BCUT2D eigenvalue weighted by Crippen LogP contribution is 2.49. The van der Waals surface area contributed by atoms with Gasteiger partial charge in [-0.25, -0.2) is 0 Å². The van der Waals surface area contributed by atoms with Gasteiger partial charge in [-0.05, 0) is 99.7 Å². The Kier molecular flexibility index (Phi) is 12.2. The third-order valence-corrected chi connectivity index (χ3v) is 10.7. The molecule has 0 aliphatic carbocycles. The number of methoxy groups -OCH3 is 1. The van der Waals surface area contributed by atoms with E-state index in [1.165, 1.54) is 5.56 Å². The fraction of sp³-hybridized carbons (Fsp3) is 0.442. The first-order chi connectivity index (χ1) is 25.0. The Hall–Kier alpha value is -4.08. The average Bonchev–Trinajstić information content (AvgIpc) is 3.87. The Bertz CT molecular complexity index is 1700. The molecule has 0 fully saturated rings.